The fourth-order valence-electron chi connectivity index (χ4n) is 2.52. The first-order valence-electron chi connectivity index (χ1n) is 7.45. The second kappa shape index (κ2) is 7.29. The summed E-state index contributed by atoms with van der Waals surface area (Å²) >= 11 is 7.33. The highest BCUT2D eigenvalue weighted by Crippen LogP contribution is 2.29. The number of rotatable bonds is 5. The topological polar surface area (TPSA) is 54.5 Å². The van der Waals surface area contributed by atoms with E-state index in [0.717, 1.165) is 42.6 Å². The number of morpholine rings is 1. The summed E-state index contributed by atoms with van der Waals surface area (Å²) in [4.78, 5) is 19.1. The molecular formula is C16H18ClN3O2S. The summed E-state index contributed by atoms with van der Waals surface area (Å²) < 4.78 is 5.95. The van der Waals surface area contributed by atoms with E-state index < -0.39 is 0 Å². The fourth-order valence-corrected chi connectivity index (χ4v) is 3.44. The quantitative estimate of drug-likeness (QED) is 0.836. The minimum absolute atomic E-state index is 0.0578. The van der Waals surface area contributed by atoms with Gasteiger partial charge in [-0.3, -0.25) is 4.79 Å². The standard InChI is InChI=1S/C16H18ClN3O2S/c1-11(21)12-2-3-15(20-4-6-22-7-5-20)14(8-12)18-9-13-10-19-16(17)23-13/h2-3,8,10,18H,4-7,9H2,1H3. The molecule has 2 heterocycles. The van der Waals surface area contributed by atoms with Crippen molar-refractivity contribution in [2.75, 3.05) is 36.5 Å². The van der Waals surface area contributed by atoms with Crippen LogP contribution in [0.4, 0.5) is 11.4 Å². The molecular weight excluding hydrogens is 334 g/mol. The summed E-state index contributed by atoms with van der Waals surface area (Å²) in [5, 5.41) is 3.41. The minimum Gasteiger partial charge on any atom is -0.378 e. The largest absolute Gasteiger partial charge is 0.378 e. The molecule has 1 N–H and O–H groups in total. The van der Waals surface area contributed by atoms with Gasteiger partial charge in [0, 0.05) is 29.7 Å². The first-order chi connectivity index (χ1) is 11.1. The lowest BCUT2D eigenvalue weighted by Gasteiger charge is -2.31. The number of hydrogen-bond donors (Lipinski definition) is 1. The maximum atomic E-state index is 11.7. The van der Waals surface area contributed by atoms with Gasteiger partial charge in [0.25, 0.3) is 0 Å². The Kier molecular flexibility index (Phi) is 5.15. The third kappa shape index (κ3) is 4.02. The molecule has 1 aromatic heterocycles. The summed E-state index contributed by atoms with van der Waals surface area (Å²) in [5.41, 5.74) is 2.74. The average molecular weight is 352 g/mol. The Morgan fingerprint density at radius 1 is 1.43 bits per heavy atom. The zero-order valence-corrected chi connectivity index (χ0v) is 14.4. The van der Waals surface area contributed by atoms with E-state index >= 15 is 0 Å². The van der Waals surface area contributed by atoms with Crippen molar-refractivity contribution in [2.24, 2.45) is 0 Å². The highest BCUT2D eigenvalue weighted by Gasteiger charge is 2.16. The molecule has 1 aliphatic rings. The number of carbonyl (C=O) groups excluding carboxylic acids is 1. The Bertz CT molecular complexity index is 698. The summed E-state index contributed by atoms with van der Waals surface area (Å²) in [6.45, 7) is 5.34. The number of benzene rings is 1. The third-order valence-electron chi connectivity index (χ3n) is 3.73. The van der Waals surface area contributed by atoms with Crippen LogP contribution in [-0.4, -0.2) is 37.1 Å². The van der Waals surface area contributed by atoms with Crippen LogP contribution in [0.25, 0.3) is 0 Å². The Morgan fingerprint density at radius 2 is 2.22 bits per heavy atom. The van der Waals surface area contributed by atoms with Crippen molar-refractivity contribution < 1.29 is 9.53 Å². The molecule has 0 radical (unpaired) electrons. The van der Waals surface area contributed by atoms with Crippen molar-refractivity contribution in [2.45, 2.75) is 13.5 Å². The highest BCUT2D eigenvalue weighted by atomic mass is 35.5. The summed E-state index contributed by atoms with van der Waals surface area (Å²) in [5.74, 6) is 0.0578. The molecule has 0 spiro atoms. The molecule has 122 valence electrons. The number of hydrogen-bond acceptors (Lipinski definition) is 6. The zero-order valence-electron chi connectivity index (χ0n) is 12.8. The van der Waals surface area contributed by atoms with Crippen LogP contribution in [-0.2, 0) is 11.3 Å². The normalized spacial score (nSPS) is 14.8. The van der Waals surface area contributed by atoms with E-state index in [1.807, 2.05) is 18.2 Å². The molecule has 5 nitrogen and oxygen atoms in total. The van der Waals surface area contributed by atoms with Gasteiger partial charge in [-0.1, -0.05) is 11.6 Å². The maximum absolute atomic E-state index is 11.7. The van der Waals surface area contributed by atoms with E-state index in [9.17, 15) is 4.79 Å². The molecule has 0 saturated carbocycles. The molecule has 0 aliphatic carbocycles. The van der Waals surface area contributed by atoms with E-state index in [-0.39, 0.29) is 5.78 Å². The van der Waals surface area contributed by atoms with Crippen LogP contribution in [0.5, 0.6) is 0 Å². The van der Waals surface area contributed by atoms with Gasteiger partial charge in [-0.25, -0.2) is 4.98 Å². The fraction of sp³-hybridized carbons (Fsp3) is 0.375. The van der Waals surface area contributed by atoms with Crippen molar-refractivity contribution in [1.82, 2.24) is 4.98 Å². The van der Waals surface area contributed by atoms with E-state index in [4.69, 9.17) is 16.3 Å². The molecule has 0 atom stereocenters. The van der Waals surface area contributed by atoms with Gasteiger partial charge in [0.2, 0.25) is 0 Å². The van der Waals surface area contributed by atoms with Crippen LogP contribution < -0.4 is 10.2 Å². The SMILES string of the molecule is CC(=O)c1ccc(N2CCOCC2)c(NCc2cnc(Cl)s2)c1. The summed E-state index contributed by atoms with van der Waals surface area (Å²) in [7, 11) is 0. The lowest BCUT2D eigenvalue weighted by Crippen LogP contribution is -2.36. The number of aromatic nitrogens is 1. The number of thiazole rings is 1. The molecule has 1 saturated heterocycles. The smallest absolute Gasteiger partial charge is 0.183 e. The van der Waals surface area contributed by atoms with Crippen LogP contribution in [0.2, 0.25) is 4.47 Å². The Labute approximate surface area is 144 Å². The zero-order chi connectivity index (χ0) is 16.2. The first-order valence-corrected chi connectivity index (χ1v) is 8.64. The number of nitrogens with one attached hydrogen (secondary N) is 1. The molecule has 3 rings (SSSR count). The number of ether oxygens (including phenoxy) is 1. The predicted octanol–water partition coefficient (Wildman–Crippen LogP) is 3.45. The van der Waals surface area contributed by atoms with Gasteiger partial charge in [-0.05, 0) is 25.1 Å². The first kappa shape index (κ1) is 16.2. The van der Waals surface area contributed by atoms with Crippen LogP contribution in [0, 0.1) is 0 Å². The van der Waals surface area contributed by atoms with Gasteiger partial charge >= 0.3 is 0 Å². The van der Waals surface area contributed by atoms with Crippen LogP contribution >= 0.6 is 22.9 Å². The summed E-state index contributed by atoms with van der Waals surface area (Å²) in [6.07, 6.45) is 1.77. The minimum atomic E-state index is 0.0578. The lowest BCUT2D eigenvalue weighted by molar-refractivity contribution is 0.101. The van der Waals surface area contributed by atoms with Gasteiger partial charge in [0.05, 0.1) is 31.1 Å². The van der Waals surface area contributed by atoms with Gasteiger partial charge in [-0.15, -0.1) is 11.3 Å². The van der Waals surface area contributed by atoms with Gasteiger partial charge < -0.3 is 15.0 Å². The average Bonchev–Trinajstić information content (AvgIpc) is 2.99. The Morgan fingerprint density at radius 3 is 2.87 bits per heavy atom. The molecule has 1 aliphatic heterocycles. The molecule has 1 fully saturated rings. The third-order valence-corrected chi connectivity index (χ3v) is 4.85. The molecule has 0 unspecified atom stereocenters. The number of carbonyl (C=O) groups is 1. The number of nitrogens with zero attached hydrogens (tertiary/aromatic N) is 2. The number of ketones is 1. The molecule has 0 amide bonds. The van der Waals surface area contributed by atoms with Crippen molar-refractivity contribution in [3.8, 4) is 0 Å². The molecule has 0 bridgehead atoms. The Hall–Kier alpha value is -1.63. The molecule has 23 heavy (non-hydrogen) atoms. The van der Waals surface area contributed by atoms with Crippen molar-refractivity contribution in [1.29, 1.82) is 0 Å². The van der Waals surface area contributed by atoms with Crippen LogP contribution in [0.3, 0.4) is 0 Å². The lowest BCUT2D eigenvalue weighted by atomic mass is 10.1. The highest BCUT2D eigenvalue weighted by molar-refractivity contribution is 7.15. The Balaban J connectivity index is 1.84. The maximum Gasteiger partial charge on any atom is 0.183 e. The number of Topliss-reactive ketones (excluding diaryl/α,β-unsaturated/α-hetero) is 1. The van der Waals surface area contributed by atoms with E-state index in [1.54, 1.807) is 13.1 Å². The van der Waals surface area contributed by atoms with Gasteiger partial charge in [0.1, 0.15) is 0 Å². The predicted molar refractivity (Wildman–Crippen MR) is 93.9 cm³/mol. The second-order valence-electron chi connectivity index (χ2n) is 5.32. The van der Waals surface area contributed by atoms with E-state index in [2.05, 4.69) is 15.2 Å². The van der Waals surface area contributed by atoms with E-state index in [0.29, 0.717) is 16.6 Å². The van der Waals surface area contributed by atoms with Crippen molar-refractivity contribution >= 4 is 40.1 Å². The summed E-state index contributed by atoms with van der Waals surface area (Å²) in [6, 6.07) is 5.79. The van der Waals surface area contributed by atoms with Gasteiger partial charge in [0.15, 0.2) is 10.3 Å². The van der Waals surface area contributed by atoms with Crippen LogP contribution in [0.1, 0.15) is 22.2 Å². The second-order valence-corrected chi connectivity index (χ2v) is 7.02. The number of anilines is 2. The van der Waals surface area contributed by atoms with E-state index in [1.165, 1.54) is 11.3 Å². The molecule has 2 aromatic rings. The molecule has 7 heteroatoms. The van der Waals surface area contributed by atoms with Crippen LogP contribution in [0.15, 0.2) is 24.4 Å². The van der Waals surface area contributed by atoms with Crippen molar-refractivity contribution in [3.05, 3.63) is 39.3 Å². The molecule has 1 aromatic carbocycles. The number of halogens is 1. The van der Waals surface area contributed by atoms with Gasteiger partial charge in [-0.2, -0.15) is 0 Å². The monoisotopic (exact) mass is 351 g/mol. The van der Waals surface area contributed by atoms with Crippen molar-refractivity contribution in [3.63, 3.8) is 0 Å².